The first kappa shape index (κ1) is 21.8. The molecule has 158 valence electrons. The van der Waals surface area contributed by atoms with Crippen molar-refractivity contribution in [2.75, 3.05) is 24.6 Å². The predicted octanol–water partition coefficient (Wildman–Crippen LogP) is 5.86. The van der Waals surface area contributed by atoms with Gasteiger partial charge in [-0.25, -0.2) is 9.97 Å². The van der Waals surface area contributed by atoms with Crippen LogP contribution in [-0.4, -0.2) is 29.8 Å². The molecule has 3 rings (SSSR count). The van der Waals surface area contributed by atoms with Gasteiger partial charge in [-0.05, 0) is 36.8 Å². The second kappa shape index (κ2) is 9.28. The van der Waals surface area contributed by atoms with E-state index < -0.39 is 7.52 Å². The minimum absolute atomic E-state index is 0.149. The number of rotatable bonds is 8. The van der Waals surface area contributed by atoms with Gasteiger partial charge in [-0.15, -0.1) is 0 Å². The van der Waals surface area contributed by atoms with Crippen molar-refractivity contribution in [3.63, 3.8) is 0 Å². The van der Waals surface area contributed by atoms with Gasteiger partial charge in [0.25, 0.3) is 7.52 Å². The lowest BCUT2D eigenvalue weighted by Gasteiger charge is -2.23. The zero-order valence-electron chi connectivity index (χ0n) is 17.8. The van der Waals surface area contributed by atoms with Crippen LogP contribution in [0.3, 0.4) is 0 Å². The Hall–Kier alpha value is -2.89. The number of nitrogens with one attached hydrogen (secondary N) is 2. The van der Waals surface area contributed by atoms with Crippen molar-refractivity contribution in [1.82, 2.24) is 9.97 Å². The van der Waals surface area contributed by atoms with E-state index in [0.29, 0.717) is 5.82 Å². The second-order valence-corrected chi connectivity index (χ2v) is 9.94. The Kier molecular flexibility index (Phi) is 6.75. The van der Waals surface area contributed by atoms with Crippen molar-refractivity contribution in [2.45, 2.75) is 26.4 Å². The van der Waals surface area contributed by atoms with E-state index in [2.05, 4.69) is 20.4 Å². The van der Waals surface area contributed by atoms with Crippen molar-refractivity contribution in [3.8, 4) is 17.0 Å². The number of benzene rings is 2. The first-order chi connectivity index (χ1) is 14.4. The zero-order valence-corrected chi connectivity index (χ0v) is 18.7. The lowest BCUT2D eigenvalue weighted by molar-refractivity contribution is 0.391. The van der Waals surface area contributed by atoms with Gasteiger partial charge in [0.2, 0.25) is 0 Å². The minimum atomic E-state index is -3.00. The third-order valence-corrected chi connectivity index (χ3v) is 7.24. The van der Waals surface area contributed by atoms with Crippen molar-refractivity contribution in [3.05, 3.63) is 60.4 Å². The van der Waals surface area contributed by atoms with E-state index in [4.69, 9.17) is 9.26 Å². The maximum atomic E-state index is 12.9. The Morgan fingerprint density at radius 1 is 1.03 bits per heavy atom. The molecule has 0 aliphatic carbocycles. The van der Waals surface area contributed by atoms with Crippen molar-refractivity contribution in [2.24, 2.45) is 0 Å². The van der Waals surface area contributed by atoms with Crippen LogP contribution in [0.1, 0.15) is 19.4 Å². The second-order valence-electron chi connectivity index (χ2n) is 7.13. The van der Waals surface area contributed by atoms with Gasteiger partial charge in [-0.3, -0.25) is 4.57 Å². The summed E-state index contributed by atoms with van der Waals surface area (Å²) in [6.45, 7) is 5.70. The minimum Gasteiger partial charge on any atom is -0.496 e. The summed E-state index contributed by atoms with van der Waals surface area (Å²) in [6, 6.07) is 15.4. The largest absolute Gasteiger partial charge is 0.496 e. The van der Waals surface area contributed by atoms with Crippen LogP contribution in [0, 0.1) is 6.92 Å². The number of hydrogen-bond acceptors (Lipinski definition) is 6. The highest BCUT2D eigenvalue weighted by Gasteiger charge is 2.26. The van der Waals surface area contributed by atoms with Crippen molar-refractivity contribution < 1.29 is 13.8 Å². The monoisotopic (exact) mass is 426 g/mol. The number of aryl methyl sites for hydroxylation is 1. The third-order valence-electron chi connectivity index (χ3n) is 4.79. The van der Waals surface area contributed by atoms with Gasteiger partial charge in [-0.1, -0.05) is 32.0 Å². The molecule has 0 radical (unpaired) electrons. The number of para-hydroxylation sites is 1. The average Bonchev–Trinajstić information content (AvgIpc) is 2.76. The average molecular weight is 426 g/mol. The fraction of sp³-hybridized carbons (Fsp3) is 0.273. The summed E-state index contributed by atoms with van der Waals surface area (Å²) in [4.78, 5) is 8.70. The molecule has 1 aromatic heterocycles. The maximum absolute atomic E-state index is 12.9. The summed E-state index contributed by atoms with van der Waals surface area (Å²) in [6.07, 6.45) is 1.51. The molecule has 2 N–H and O–H groups in total. The molecule has 0 bridgehead atoms. The molecule has 1 atom stereocenters. The number of methoxy groups -OCH3 is 1. The molecular weight excluding hydrogens is 399 g/mol. The molecule has 7 nitrogen and oxygen atoms in total. The van der Waals surface area contributed by atoms with Gasteiger partial charge in [-0.2, -0.15) is 0 Å². The van der Waals surface area contributed by atoms with E-state index in [1.807, 2.05) is 69.3 Å². The van der Waals surface area contributed by atoms with E-state index >= 15 is 0 Å². The molecule has 1 unspecified atom stereocenters. The zero-order chi connectivity index (χ0) is 21.7. The highest BCUT2D eigenvalue weighted by molar-refractivity contribution is 7.61. The van der Waals surface area contributed by atoms with E-state index in [0.717, 1.165) is 33.9 Å². The molecule has 0 amide bonds. The number of hydrogen-bond donors (Lipinski definition) is 2. The normalized spacial score (nSPS) is 13.0. The number of aromatic nitrogens is 2. The molecule has 0 saturated carbocycles. The van der Waals surface area contributed by atoms with Crippen molar-refractivity contribution in [1.29, 1.82) is 0 Å². The van der Waals surface area contributed by atoms with Crippen LogP contribution in [0.4, 0.5) is 17.2 Å². The molecule has 0 fully saturated rings. The molecule has 0 aliphatic rings. The first-order valence-electron chi connectivity index (χ1n) is 9.63. The van der Waals surface area contributed by atoms with Gasteiger partial charge >= 0.3 is 0 Å². The Morgan fingerprint density at radius 2 is 1.80 bits per heavy atom. The van der Waals surface area contributed by atoms with Crippen LogP contribution in [-0.2, 0) is 9.09 Å². The highest BCUT2D eigenvalue weighted by atomic mass is 31.2. The highest BCUT2D eigenvalue weighted by Crippen LogP contribution is 2.51. The molecule has 0 aliphatic heterocycles. The Bertz CT molecular complexity index is 1070. The van der Waals surface area contributed by atoms with Gasteiger partial charge in [0, 0.05) is 35.8 Å². The summed E-state index contributed by atoms with van der Waals surface area (Å²) in [7, 11) is 0.101. The van der Waals surface area contributed by atoms with Crippen LogP contribution in [0.25, 0.3) is 11.3 Å². The molecule has 3 aromatic rings. The SMILES string of the molecule is COc1ccccc1-c1cc(Nc2ccc(C)c(NP(=O)(OC)C(C)C)c2)ncn1. The number of nitrogens with zero attached hydrogens (tertiary/aromatic N) is 2. The smallest absolute Gasteiger partial charge is 0.296 e. The molecule has 0 saturated heterocycles. The summed E-state index contributed by atoms with van der Waals surface area (Å²) >= 11 is 0. The van der Waals surface area contributed by atoms with Crippen LogP contribution < -0.4 is 15.1 Å². The number of anilines is 3. The van der Waals surface area contributed by atoms with Crippen LogP contribution in [0.5, 0.6) is 5.75 Å². The standard InChI is InChI=1S/C22H27N4O3P/c1-15(2)30(27,29-5)26-19-12-17(11-10-16(19)3)25-22-13-20(23-14-24-22)18-8-6-7-9-21(18)28-4/h6-15H,1-5H3,(H,26,27)(H,23,24,25). The number of ether oxygens (including phenoxy) is 1. The Morgan fingerprint density at radius 3 is 2.50 bits per heavy atom. The summed E-state index contributed by atoms with van der Waals surface area (Å²) in [5, 5.41) is 6.39. The first-order valence-corrected chi connectivity index (χ1v) is 11.3. The Balaban J connectivity index is 1.88. The van der Waals surface area contributed by atoms with E-state index in [1.54, 1.807) is 7.11 Å². The predicted molar refractivity (Wildman–Crippen MR) is 122 cm³/mol. The lowest BCUT2D eigenvalue weighted by Crippen LogP contribution is -2.09. The molecule has 2 aromatic carbocycles. The molecule has 1 heterocycles. The van der Waals surface area contributed by atoms with Gasteiger partial charge in [0.05, 0.1) is 12.8 Å². The Labute approximate surface area is 177 Å². The van der Waals surface area contributed by atoms with Crippen LogP contribution in [0.2, 0.25) is 0 Å². The van der Waals surface area contributed by atoms with Crippen LogP contribution >= 0.6 is 7.52 Å². The van der Waals surface area contributed by atoms with Crippen LogP contribution in [0.15, 0.2) is 54.9 Å². The molecule has 0 spiro atoms. The topological polar surface area (TPSA) is 85.4 Å². The van der Waals surface area contributed by atoms with E-state index in [1.165, 1.54) is 13.4 Å². The summed E-state index contributed by atoms with van der Waals surface area (Å²) in [5.74, 6) is 1.38. The maximum Gasteiger partial charge on any atom is 0.296 e. The third kappa shape index (κ3) is 4.81. The molecule has 30 heavy (non-hydrogen) atoms. The van der Waals surface area contributed by atoms with Gasteiger partial charge < -0.3 is 19.7 Å². The fourth-order valence-corrected chi connectivity index (χ4v) is 4.30. The van der Waals surface area contributed by atoms with Crippen molar-refractivity contribution >= 4 is 24.7 Å². The van der Waals surface area contributed by atoms with Gasteiger partial charge in [0.15, 0.2) is 0 Å². The molecular formula is C22H27N4O3P. The summed E-state index contributed by atoms with van der Waals surface area (Å²) in [5.41, 5.74) is 4.01. The van der Waals surface area contributed by atoms with Gasteiger partial charge in [0.1, 0.15) is 17.9 Å². The van der Waals surface area contributed by atoms with E-state index in [-0.39, 0.29) is 5.66 Å². The lowest BCUT2D eigenvalue weighted by atomic mass is 10.1. The van der Waals surface area contributed by atoms with E-state index in [9.17, 15) is 4.57 Å². The molecule has 8 heteroatoms. The summed E-state index contributed by atoms with van der Waals surface area (Å²) < 4.78 is 23.7. The fourth-order valence-electron chi connectivity index (χ4n) is 2.95. The quantitative estimate of drug-likeness (QED) is 0.436.